The van der Waals surface area contributed by atoms with Crippen molar-refractivity contribution in [2.45, 2.75) is 25.0 Å². The number of amides is 1. The summed E-state index contributed by atoms with van der Waals surface area (Å²) in [5.74, 6) is -5.44. The van der Waals surface area contributed by atoms with Gasteiger partial charge in [-0.05, 0) is 20.5 Å². The predicted octanol–water partition coefficient (Wildman–Crippen LogP) is 1.61. The summed E-state index contributed by atoms with van der Waals surface area (Å²) in [4.78, 5) is 38.7. The lowest BCUT2D eigenvalue weighted by molar-refractivity contribution is 0.00306. The van der Waals surface area contributed by atoms with Gasteiger partial charge in [0.1, 0.15) is 28.7 Å². The minimum Gasteiger partial charge on any atom is -0.503 e. The van der Waals surface area contributed by atoms with Crippen LogP contribution in [-0.4, -0.2) is 60.1 Å². The lowest BCUT2D eigenvalue weighted by atomic mass is 10.0. The van der Waals surface area contributed by atoms with Crippen molar-refractivity contribution in [1.82, 2.24) is 14.8 Å². The van der Waals surface area contributed by atoms with E-state index in [-0.39, 0.29) is 11.7 Å². The second-order valence-electron chi connectivity index (χ2n) is 7.62. The van der Waals surface area contributed by atoms with Crippen LogP contribution in [-0.2, 0) is 11.3 Å². The fraction of sp³-hybridized carbons (Fsp3) is 0.381. The quantitative estimate of drug-likeness (QED) is 0.645. The van der Waals surface area contributed by atoms with Gasteiger partial charge in [0.2, 0.25) is 5.43 Å². The van der Waals surface area contributed by atoms with Gasteiger partial charge in [-0.25, -0.2) is 13.2 Å². The van der Waals surface area contributed by atoms with Crippen molar-refractivity contribution in [3.05, 3.63) is 62.8 Å². The summed E-state index contributed by atoms with van der Waals surface area (Å²) in [6.07, 6.45) is 1.91. The Labute approximate surface area is 181 Å². The van der Waals surface area contributed by atoms with E-state index in [2.05, 4.69) is 5.32 Å². The van der Waals surface area contributed by atoms with Crippen molar-refractivity contribution in [2.75, 3.05) is 27.3 Å². The zero-order valence-electron chi connectivity index (χ0n) is 17.4. The largest absolute Gasteiger partial charge is 0.503 e. The zero-order chi connectivity index (χ0) is 23.6. The first-order valence-electron chi connectivity index (χ1n) is 9.74. The number of ether oxygens (including phenoxy) is 1. The molecule has 1 unspecified atom stereocenters. The molecule has 2 heterocycles. The van der Waals surface area contributed by atoms with Gasteiger partial charge >= 0.3 is 0 Å². The molecule has 2 aromatic rings. The number of aromatic hydroxyl groups is 1. The van der Waals surface area contributed by atoms with E-state index in [0.29, 0.717) is 38.1 Å². The Balaban J connectivity index is 1.97. The number of nitrogens with zero attached hydrogens (tertiary/aromatic N) is 2. The third kappa shape index (κ3) is 4.53. The first kappa shape index (κ1) is 23.5. The molecule has 8 nitrogen and oxygen atoms in total. The van der Waals surface area contributed by atoms with Crippen LogP contribution in [0, 0.1) is 17.5 Å². The van der Waals surface area contributed by atoms with Crippen molar-refractivity contribution in [3.8, 4) is 5.75 Å². The zero-order valence-corrected chi connectivity index (χ0v) is 17.4. The number of carbonyl (C=O) groups is 2. The second-order valence-corrected chi connectivity index (χ2v) is 7.62. The van der Waals surface area contributed by atoms with E-state index in [0.717, 1.165) is 6.20 Å². The van der Waals surface area contributed by atoms with Gasteiger partial charge in [0, 0.05) is 37.0 Å². The molecule has 0 bridgehead atoms. The topological polar surface area (TPSA) is 101 Å². The minimum atomic E-state index is -1.20. The molecule has 1 aliphatic heterocycles. The Morgan fingerprint density at radius 1 is 1.31 bits per heavy atom. The Morgan fingerprint density at radius 3 is 2.56 bits per heavy atom. The number of halogens is 3. The molecule has 0 spiro atoms. The van der Waals surface area contributed by atoms with E-state index in [9.17, 15) is 32.7 Å². The van der Waals surface area contributed by atoms with Gasteiger partial charge in [-0.1, -0.05) is 0 Å². The predicted molar refractivity (Wildman–Crippen MR) is 107 cm³/mol. The van der Waals surface area contributed by atoms with Crippen LogP contribution in [0.5, 0.6) is 5.75 Å². The molecule has 2 N–H and O–H groups in total. The van der Waals surface area contributed by atoms with Crippen molar-refractivity contribution in [2.24, 2.45) is 0 Å². The maximum Gasteiger partial charge on any atom is 0.257 e. The molecule has 1 aromatic heterocycles. The molecule has 0 radical (unpaired) electrons. The molecule has 1 fully saturated rings. The van der Waals surface area contributed by atoms with E-state index in [1.54, 1.807) is 14.1 Å². The third-order valence-electron chi connectivity index (χ3n) is 5.45. The lowest BCUT2D eigenvalue weighted by Crippen LogP contribution is -2.45. The summed E-state index contributed by atoms with van der Waals surface area (Å²) in [5.41, 5.74) is -2.50. The molecule has 1 saturated heterocycles. The third-order valence-corrected chi connectivity index (χ3v) is 5.45. The first-order valence-corrected chi connectivity index (χ1v) is 9.74. The van der Waals surface area contributed by atoms with Crippen molar-refractivity contribution < 1.29 is 32.6 Å². The average Bonchev–Trinajstić information content (AvgIpc) is 2.74. The van der Waals surface area contributed by atoms with Crippen molar-refractivity contribution >= 4 is 12.2 Å². The van der Waals surface area contributed by atoms with Crippen LogP contribution in [0.15, 0.2) is 23.1 Å². The van der Waals surface area contributed by atoms with Gasteiger partial charge in [-0.2, -0.15) is 0 Å². The van der Waals surface area contributed by atoms with Crippen LogP contribution in [0.4, 0.5) is 13.2 Å². The summed E-state index contributed by atoms with van der Waals surface area (Å²) in [6.45, 7) is 0.0301. The SMILES string of the molecule is CN(C)[C@@H]1COCCC1n1cc(C(=O)NCc2c(F)cc(F)cc2F)c(=O)c(O)c1C=O. The highest BCUT2D eigenvalue weighted by Gasteiger charge is 2.32. The van der Waals surface area contributed by atoms with Crippen LogP contribution in [0.1, 0.15) is 38.9 Å². The van der Waals surface area contributed by atoms with Gasteiger partial charge in [0.25, 0.3) is 5.91 Å². The smallest absolute Gasteiger partial charge is 0.257 e. The highest BCUT2D eigenvalue weighted by molar-refractivity contribution is 5.95. The van der Waals surface area contributed by atoms with E-state index >= 15 is 0 Å². The lowest BCUT2D eigenvalue weighted by Gasteiger charge is -2.38. The molecular formula is C21H22F3N3O5. The van der Waals surface area contributed by atoms with Gasteiger partial charge in [-0.3, -0.25) is 14.4 Å². The maximum absolute atomic E-state index is 13.8. The molecule has 1 aliphatic rings. The summed E-state index contributed by atoms with van der Waals surface area (Å²) in [5, 5.41) is 12.5. The number of hydrogen-bond donors (Lipinski definition) is 2. The fourth-order valence-electron chi connectivity index (χ4n) is 3.72. The Bertz CT molecular complexity index is 1080. The van der Waals surface area contributed by atoms with Crippen molar-refractivity contribution in [1.29, 1.82) is 0 Å². The Hall–Kier alpha value is -3.18. The number of hydrogen-bond acceptors (Lipinski definition) is 6. The average molecular weight is 453 g/mol. The van der Waals surface area contributed by atoms with Crippen molar-refractivity contribution in [3.63, 3.8) is 0 Å². The van der Waals surface area contributed by atoms with E-state index in [1.807, 2.05) is 4.90 Å². The number of benzene rings is 1. The van der Waals surface area contributed by atoms with Crippen LogP contribution in [0.3, 0.4) is 0 Å². The number of nitrogens with one attached hydrogen (secondary N) is 1. The normalized spacial score (nSPS) is 18.6. The number of aldehydes is 1. The Kier molecular flexibility index (Phi) is 6.99. The number of likely N-dealkylation sites (N-methyl/N-ethyl adjacent to an activating group) is 1. The minimum absolute atomic E-state index is 0.220. The molecule has 3 rings (SSSR count). The number of pyridine rings is 1. The van der Waals surface area contributed by atoms with E-state index in [1.165, 1.54) is 4.57 Å². The Morgan fingerprint density at radius 2 is 1.97 bits per heavy atom. The highest BCUT2D eigenvalue weighted by Crippen LogP contribution is 2.28. The number of aromatic nitrogens is 1. The fourth-order valence-corrected chi connectivity index (χ4v) is 3.72. The first-order chi connectivity index (χ1) is 15.1. The summed E-state index contributed by atoms with van der Waals surface area (Å²) in [7, 11) is 3.60. The van der Waals surface area contributed by atoms with Gasteiger partial charge in [-0.15, -0.1) is 0 Å². The molecule has 2 atom stereocenters. The molecule has 11 heteroatoms. The number of carbonyl (C=O) groups excluding carboxylic acids is 2. The van der Waals surface area contributed by atoms with E-state index in [4.69, 9.17) is 4.74 Å². The van der Waals surface area contributed by atoms with Crippen LogP contribution >= 0.6 is 0 Å². The van der Waals surface area contributed by atoms with Gasteiger partial charge in [0.05, 0.1) is 18.7 Å². The van der Waals surface area contributed by atoms with Crippen LogP contribution < -0.4 is 10.7 Å². The molecular weight excluding hydrogens is 431 g/mol. The molecule has 0 aliphatic carbocycles. The second kappa shape index (κ2) is 9.53. The summed E-state index contributed by atoms with van der Waals surface area (Å²) in [6, 6.07) is 0.315. The molecule has 32 heavy (non-hydrogen) atoms. The standard InChI is InChI=1S/C21H22F3N3O5/c1-26(2)18-10-32-4-3-16(18)27-8-13(19(29)20(30)17(27)9-28)21(31)25-7-12-14(23)5-11(22)6-15(12)24/h5-6,8-9,16,18,30H,3-4,7,10H2,1-2H3,(H,25,31)/t16?,18-/m1/s1. The summed E-state index contributed by atoms with van der Waals surface area (Å²) >= 11 is 0. The monoisotopic (exact) mass is 453 g/mol. The van der Waals surface area contributed by atoms with E-state index < -0.39 is 58.3 Å². The highest BCUT2D eigenvalue weighted by atomic mass is 19.1. The van der Waals surface area contributed by atoms with Gasteiger partial charge in [0.15, 0.2) is 12.0 Å². The molecule has 1 aromatic carbocycles. The van der Waals surface area contributed by atoms with Gasteiger partial charge < -0.3 is 24.6 Å². The molecule has 1 amide bonds. The maximum atomic E-state index is 13.8. The molecule has 0 saturated carbocycles. The number of rotatable bonds is 6. The molecule has 172 valence electrons. The van der Waals surface area contributed by atoms with Crippen LogP contribution in [0.25, 0.3) is 0 Å². The summed E-state index contributed by atoms with van der Waals surface area (Å²) < 4.78 is 47.6. The van der Waals surface area contributed by atoms with Crippen LogP contribution in [0.2, 0.25) is 0 Å².